The highest BCUT2D eigenvalue weighted by Gasteiger charge is 2.39. The highest BCUT2D eigenvalue weighted by molar-refractivity contribution is 6.30. The van der Waals surface area contributed by atoms with Crippen molar-refractivity contribution in [1.82, 2.24) is 19.6 Å². The molecule has 3 heterocycles. The average Bonchev–Trinajstić information content (AvgIpc) is 2.59. The monoisotopic (exact) mass is 382 g/mol. The Bertz CT molecular complexity index is 793. The van der Waals surface area contributed by atoms with E-state index in [0.717, 1.165) is 31.9 Å². The molecule has 0 unspecified atom stereocenters. The maximum absolute atomic E-state index is 12.4. The summed E-state index contributed by atoms with van der Waals surface area (Å²) in [7, 11) is 0. The molecule has 1 N–H and O–H groups in total. The quantitative estimate of drug-likeness (QED) is 0.867. The second kappa shape index (κ2) is 7.62. The van der Waals surface area contributed by atoms with E-state index in [1.54, 1.807) is 24.4 Å². The van der Waals surface area contributed by atoms with E-state index in [9.17, 15) is 4.79 Å². The minimum Gasteiger partial charge on any atom is -0.314 e. The maximum Gasteiger partial charge on any atom is 0.258 e. The number of fused-ring (bicyclic) bond motifs is 1. The molecule has 25 heavy (non-hydrogen) atoms. The van der Waals surface area contributed by atoms with Crippen molar-refractivity contribution >= 4 is 29.7 Å². The molecule has 0 atom stereocenters. The summed E-state index contributed by atoms with van der Waals surface area (Å²) in [4.78, 5) is 19.6. The number of hydrogen-bond donors (Lipinski definition) is 1. The first-order valence-electron chi connectivity index (χ1n) is 8.80. The molecule has 1 saturated carbocycles. The molecule has 2 fully saturated rings. The summed E-state index contributed by atoms with van der Waals surface area (Å²) in [6.07, 6.45) is 8.04. The SMILES string of the molecule is Cl.O=c1cc(CN2CCNCC23CCCCC3)nc2ccc(Cl)cn12. The number of piperazine rings is 1. The van der Waals surface area contributed by atoms with Gasteiger partial charge in [0.25, 0.3) is 5.56 Å². The molecule has 4 rings (SSSR count). The van der Waals surface area contributed by atoms with E-state index in [2.05, 4.69) is 10.2 Å². The Labute approximate surface area is 158 Å². The number of nitrogens with zero attached hydrogens (tertiary/aromatic N) is 3. The van der Waals surface area contributed by atoms with Crippen molar-refractivity contribution in [3.63, 3.8) is 0 Å². The summed E-state index contributed by atoms with van der Waals surface area (Å²) in [5.74, 6) is 0. The molecule has 0 bridgehead atoms. The summed E-state index contributed by atoms with van der Waals surface area (Å²) in [6.45, 7) is 3.82. The smallest absolute Gasteiger partial charge is 0.258 e. The average molecular weight is 383 g/mol. The third-order valence-corrected chi connectivity index (χ3v) is 5.72. The van der Waals surface area contributed by atoms with Gasteiger partial charge >= 0.3 is 0 Å². The van der Waals surface area contributed by atoms with Crippen LogP contribution in [0.5, 0.6) is 0 Å². The maximum atomic E-state index is 12.4. The Balaban J connectivity index is 0.00000182. The fraction of sp³-hybridized carbons (Fsp3) is 0.556. The summed E-state index contributed by atoms with van der Waals surface area (Å²) in [6, 6.07) is 5.24. The van der Waals surface area contributed by atoms with Gasteiger partial charge in [0.1, 0.15) is 5.65 Å². The third-order valence-electron chi connectivity index (χ3n) is 5.50. The number of pyridine rings is 1. The van der Waals surface area contributed by atoms with Crippen LogP contribution in [0.4, 0.5) is 0 Å². The molecule has 2 aromatic heterocycles. The zero-order valence-corrected chi connectivity index (χ0v) is 15.8. The highest BCUT2D eigenvalue weighted by atomic mass is 35.5. The van der Waals surface area contributed by atoms with Crippen LogP contribution in [0.1, 0.15) is 37.8 Å². The number of hydrogen-bond acceptors (Lipinski definition) is 4. The Hall–Kier alpha value is -1.14. The van der Waals surface area contributed by atoms with Gasteiger partial charge in [0, 0.05) is 44.0 Å². The molecule has 2 aliphatic rings. The number of nitrogens with one attached hydrogen (secondary N) is 1. The van der Waals surface area contributed by atoms with Crippen molar-refractivity contribution in [2.45, 2.75) is 44.2 Å². The standard InChI is InChI=1S/C18H23ClN4O.ClH/c19-14-4-5-16-21-15(10-17(24)23(16)11-14)12-22-9-8-20-13-18(22)6-2-1-3-7-18;/h4-5,10-11,20H,1-3,6-9,12-13H2;1H. The normalized spacial score (nSPS) is 20.5. The Kier molecular flexibility index (Phi) is 5.68. The van der Waals surface area contributed by atoms with E-state index in [0.29, 0.717) is 10.7 Å². The molecule has 2 aromatic rings. The van der Waals surface area contributed by atoms with Gasteiger partial charge < -0.3 is 5.32 Å². The lowest BCUT2D eigenvalue weighted by molar-refractivity contribution is 0.0199. The molecule has 0 radical (unpaired) electrons. The second-order valence-corrected chi connectivity index (χ2v) is 7.48. The lowest BCUT2D eigenvalue weighted by atomic mass is 9.79. The van der Waals surface area contributed by atoms with Crippen molar-refractivity contribution in [2.75, 3.05) is 19.6 Å². The Morgan fingerprint density at radius 3 is 2.84 bits per heavy atom. The molecule has 1 saturated heterocycles. The fourth-order valence-corrected chi connectivity index (χ4v) is 4.40. The largest absolute Gasteiger partial charge is 0.314 e. The van der Waals surface area contributed by atoms with Crippen LogP contribution in [0, 0.1) is 0 Å². The van der Waals surface area contributed by atoms with E-state index in [1.807, 2.05) is 0 Å². The van der Waals surface area contributed by atoms with Crippen molar-refractivity contribution in [2.24, 2.45) is 0 Å². The van der Waals surface area contributed by atoms with Crippen molar-refractivity contribution in [3.8, 4) is 0 Å². The van der Waals surface area contributed by atoms with Crippen molar-refractivity contribution in [1.29, 1.82) is 0 Å². The van der Waals surface area contributed by atoms with E-state index in [1.165, 1.54) is 36.5 Å². The van der Waals surface area contributed by atoms with Crippen molar-refractivity contribution < 1.29 is 0 Å². The molecule has 1 aliphatic heterocycles. The van der Waals surface area contributed by atoms with Crippen LogP contribution in [-0.2, 0) is 6.54 Å². The van der Waals surface area contributed by atoms with Gasteiger partial charge in [0.15, 0.2) is 0 Å². The van der Waals surface area contributed by atoms with Gasteiger partial charge in [-0.25, -0.2) is 4.98 Å². The predicted octanol–water partition coefficient (Wildman–Crippen LogP) is 2.88. The molecular formula is C18H24Cl2N4O. The second-order valence-electron chi connectivity index (χ2n) is 7.04. The molecule has 136 valence electrons. The zero-order valence-electron chi connectivity index (χ0n) is 14.2. The molecule has 0 amide bonds. The predicted molar refractivity (Wildman–Crippen MR) is 103 cm³/mol. The van der Waals surface area contributed by atoms with Gasteiger partial charge in [-0.05, 0) is 25.0 Å². The first kappa shape index (κ1) is 18.6. The molecule has 1 spiro atoms. The van der Waals surface area contributed by atoms with Crippen LogP contribution in [0.15, 0.2) is 29.2 Å². The molecule has 7 heteroatoms. The first-order valence-corrected chi connectivity index (χ1v) is 9.18. The van der Waals surface area contributed by atoms with E-state index in [-0.39, 0.29) is 23.5 Å². The molecular weight excluding hydrogens is 359 g/mol. The minimum atomic E-state index is -0.0645. The van der Waals surface area contributed by atoms with Crippen LogP contribution in [0.2, 0.25) is 5.02 Å². The van der Waals surface area contributed by atoms with Gasteiger partial charge in [0.2, 0.25) is 0 Å². The van der Waals surface area contributed by atoms with Gasteiger partial charge in [-0.1, -0.05) is 30.9 Å². The Morgan fingerprint density at radius 1 is 1.24 bits per heavy atom. The van der Waals surface area contributed by atoms with Crippen LogP contribution in [0.25, 0.3) is 5.65 Å². The first-order chi connectivity index (χ1) is 11.7. The minimum absolute atomic E-state index is 0. The molecule has 0 aromatic carbocycles. The summed E-state index contributed by atoms with van der Waals surface area (Å²) in [5, 5.41) is 4.11. The fourth-order valence-electron chi connectivity index (χ4n) is 4.24. The highest BCUT2D eigenvalue weighted by Crippen LogP contribution is 2.35. The number of aromatic nitrogens is 2. The third kappa shape index (κ3) is 3.70. The van der Waals surface area contributed by atoms with Crippen LogP contribution in [0.3, 0.4) is 0 Å². The lowest BCUT2D eigenvalue weighted by Crippen LogP contribution is -2.61. The van der Waals surface area contributed by atoms with E-state index in [4.69, 9.17) is 16.6 Å². The number of rotatable bonds is 2. The Morgan fingerprint density at radius 2 is 2.04 bits per heavy atom. The van der Waals surface area contributed by atoms with Gasteiger partial charge in [-0.2, -0.15) is 0 Å². The summed E-state index contributed by atoms with van der Waals surface area (Å²) >= 11 is 5.98. The van der Waals surface area contributed by atoms with E-state index < -0.39 is 0 Å². The molecule has 1 aliphatic carbocycles. The van der Waals surface area contributed by atoms with Crippen LogP contribution >= 0.6 is 24.0 Å². The van der Waals surface area contributed by atoms with Gasteiger partial charge in [0.05, 0.1) is 10.7 Å². The van der Waals surface area contributed by atoms with E-state index >= 15 is 0 Å². The summed E-state index contributed by atoms with van der Waals surface area (Å²) < 4.78 is 1.51. The van der Waals surface area contributed by atoms with Crippen LogP contribution < -0.4 is 10.9 Å². The van der Waals surface area contributed by atoms with Crippen molar-refractivity contribution in [3.05, 3.63) is 45.5 Å². The summed E-state index contributed by atoms with van der Waals surface area (Å²) in [5.41, 5.74) is 1.69. The lowest BCUT2D eigenvalue weighted by Gasteiger charge is -2.49. The van der Waals surface area contributed by atoms with Crippen LogP contribution in [-0.4, -0.2) is 39.5 Å². The van der Waals surface area contributed by atoms with Gasteiger partial charge in [-0.3, -0.25) is 14.1 Å². The van der Waals surface area contributed by atoms with Gasteiger partial charge in [-0.15, -0.1) is 12.4 Å². The number of halogens is 2. The topological polar surface area (TPSA) is 49.6 Å². The zero-order chi connectivity index (χ0) is 16.6. The molecule has 5 nitrogen and oxygen atoms in total.